The van der Waals surface area contributed by atoms with Crippen LogP contribution in [0.25, 0.3) is 0 Å². The van der Waals surface area contributed by atoms with Crippen LogP contribution in [0.5, 0.6) is 0 Å². The van der Waals surface area contributed by atoms with Crippen LogP contribution in [0.15, 0.2) is 17.4 Å². The van der Waals surface area contributed by atoms with Crippen LogP contribution in [0.4, 0.5) is 8.78 Å². The van der Waals surface area contributed by atoms with Crippen molar-refractivity contribution >= 4 is 29.9 Å². The minimum absolute atomic E-state index is 0. The zero-order valence-corrected chi connectivity index (χ0v) is 17.2. The molecule has 144 valence electrons. The average molecular weight is 470 g/mol. The summed E-state index contributed by atoms with van der Waals surface area (Å²) in [6, 6.07) is 0.366. The molecule has 2 rings (SSSR count). The minimum atomic E-state index is -2.59. The number of aromatic nitrogens is 2. The van der Waals surface area contributed by atoms with Gasteiger partial charge in [0.05, 0.1) is 0 Å². The quantitative estimate of drug-likeness (QED) is 0.366. The third-order valence-corrected chi connectivity index (χ3v) is 4.15. The summed E-state index contributed by atoms with van der Waals surface area (Å²) in [5, 5.41) is 6.60. The molecule has 1 aromatic heterocycles. The Balaban J connectivity index is 0.00000312. The van der Waals surface area contributed by atoms with Gasteiger partial charge in [-0.1, -0.05) is 6.92 Å². The number of aliphatic imine (C=N–C) groups is 1. The summed E-state index contributed by atoms with van der Waals surface area (Å²) in [6.45, 7) is 5.77. The molecule has 2 N–H and O–H groups in total. The summed E-state index contributed by atoms with van der Waals surface area (Å²) in [4.78, 5) is 10.8. The maximum absolute atomic E-state index is 12.8. The van der Waals surface area contributed by atoms with Crippen molar-refractivity contribution in [3.63, 3.8) is 0 Å². The van der Waals surface area contributed by atoms with E-state index in [0.717, 1.165) is 43.6 Å². The number of hydrogen-bond acceptors (Lipinski definition) is 3. The van der Waals surface area contributed by atoms with Gasteiger partial charge in [-0.15, -0.1) is 24.0 Å². The molecule has 0 spiro atoms. The molecular formula is C16H29F2IN6. The van der Waals surface area contributed by atoms with Gasteiger partial charge >= 0.3 is 6.55 Å². The number of imidazole rings is 1. The first-order chi connectivity index (χ1) is 11.6. The Morgan fingerprint density at radius 1 is 1.36 bits per heavy atom. The molecule has 9 heteroatoms. The Labute approximate surface area is 165 Å². The summed E-state index contributed by atoms with van der Waals surface area (Å²) >= 11 is 0. The highest BCUT2D eigenvalue weighted by Crippen LogP contribution is 2.13. The molecule has 0 aromatic carbocycles. The van der Waals surface area contributed by atoms with Gasteiger partial charge in [0.15, 0.2) is 5.96 Å². The highest BCUT2D eigenvalue weighted by molar-refractivity contribution is 14.0. The van der Waals surface area contributed by atoms with Crippen molar-refractivity contribution < 1.29 is 8.78 Å². The molecule has 6 nitrogen and oxygen atoms in total. The van der Waals surface area contributed by atoms with Crippen LogP contribution < -0.4 is 10.6 Å². The van der Waals surface area contributed by atoms with E-state index in [4.69, 9.17) is 0 Å². The van der Waals surface area contributed by atoms with Gasteiger partial charge in [-0.25, -0.2) is 9.98 Å². The van der Waals surface area contributed by atoms with E-state index in [0.29, 0.717) is 12.0 Å². The molecule has 1 aliphatic rings. The maximum Gasteiger partial charge on any atom is 0.319 e. The summed E-state index contributed by atoms with van der Waals surface area (Å²) in [5.41, 5.74) is 0. The van der Waals surface area contributed by atoms with E-state index < -0.39 is 6.55 Å². The summed E-state index contributed by atoms with van der Waals surface area (Å²) in [5.74, 6) is 0.926. The van der Waals surface area contributed by atoms with Crippen LogP contribution >= 0.6 is 24.0 Å². The lowest BCUT2D eigenvalue weighted by atomic mass is 10.1. The lowest BCUT2D eigenvalue weighted by Crippen LogP contribution is -2.48. The predicted molar refractivity (Wildman–Crippen MR) is 107 cm³/mol. The zero-order chi connectivity index (χ0) is 17.4. The van der Waals surface area contributed by atoms with Gasteiger partial charge in [0.2, 0.25) is 0 Å². The van der Waals surface area contributed by atoms with E-state index in [-0.39, 0.29) is 36.3 Å². The predicted octanol–water partition coefficient (Wildman–Crippen LogP) is 2.83. The monoisotopic (exact) mass is 470 g/mol. The summed E-state index contributed by atoms with van der Waals surface area (Å²) in [7, 11) is 0. The van der Waals surface area contributed by atoms with E-state index in [1.54, 1.807) is 0 Å². The van der Waals surface area contributed by atoms with Crippen LogP contribution in [-0.2, 0) is 6.54 Å². The molecular weight excluding hydrogens is 441 g/mol. The van der Waals surface area contributed by atoms with Gasteiger partial charge in [0.25, 0.3) is 0 Å². The van der Waals surface area contributed by atoms with Crippen molar-refractivity contribution in [2.75, 3.05) is 26.2 Å². The highest BCUT2D eigenvalue weighted by Gasteiger charge is 2.19. The second-order valence-electron chi connectivity index (χ2n) is 5.98. The van der Waals surface area contributed by atoms with Gasteiger partial charge < -0.3 is 15.5 Å². The minimum Gasteiger partial charge on any atom is -0.357 e. The molecule has 1 saturated heterocycles. The van der Waals surface area contributed by atoms with Crippen molar-refractivity contribution in [1.82, 2.24) is 25.1 Å². The van der Waals surface area contributed by atoms with Gasteiger partial charge in [-0.3, -0.25) is 4.57 Å². The van der Waals surface area contributed by atoms with E-state index in [9.17, 15) is 8.78 Å². The van der Waals surface area contributed by atoms with E-state index in [1.165, 1.54) is 18.8 Å². The first kappa shape index (κ1) is 22.1. The fourth-order valence-corrected chi connectivity index (χ4v) is 2.92. The number of halogens is 3. The standard InChI is InChI=1S/C16H28F2N6.HI/c1-3-8-23-9-5-13(6-10-23)22-16(19-4-2)21-12-14-20-7-11-24(14)15(17)18;/h7,11,13,15H,3-6,8-10,12H2,1-2H3,(H2,19,21,22);1H. The smallest absolute Gasteiger partial charge is 0.319 e. The molecule has 0 aliphatic carbocycles. The average Bonchev–Trinajstić information content (AvgIpc) is 3.04. The number of piperidine rings is 1. The van der Waals surface area contributed by atoms with Crippen molar-refractivity contribution in [3.05, 3.63) is 18.2 Å². The van der Waals surface area contributed by atoms with Gasteiger partial charge in [0, 0.05) is 38.1 Å². The van der Waals surface area contributed by atoms with Gasteiger partial charge in [-0.2, -0.15) is 8.78 Å². The number of likely N-dealkylation sites (tertiary alicyclic amines) is 1. The first-order valence-corrected chi connectivity index (χ1v) is 8.71. The molecule has 1 fully saturated rings. The Bertz CT molecular complexity index is 514. The Hall–Kier alpha value is -0.970. The molecule has 0 saturated carbocycles. The molecule has 1 aromatic rings. The van der Waals surface area contributed by atoms with Gasteiger partial charge in [-0.05, 0) is 32.7 Å². The Morgan fingerprint density at radius 2 is 2.08 bits per heavy atom. The number of hydrogen-bond donors (Lipinski definition) is 2. The molecule has 1 aliphatic heterocycles. The second kappa shape index (κ2) is 11.6. The van der Waals surface area contributed by atoms with Crippen molar-refractivity contribution in [2.45, 2.75) is 52.2 Å². The Kier molecular flexibility index (Phi) is 10.2. The van der Waals surface area contributed by atoms with E-state index in [1.807, 2.05) is 6.92 Å². The normalized spacial score (nSPS) is 16.8. The van der Waals surface area contributed by atoms with Crippen molar-refractivity contribution in [2.24, 2.45) is 4.99 Å². The first-order valence-electron chi connectivity index (χ1n) is 8.71. The summed E-state index contributed by atoms with van der Waals surface area (Å²) in [6.07, 6.45) is 5.96. The lowest BCUT2D eigenvalue weighted by Gasteiger charge is -2.32. The second-order valence-corrected chi connectivity index (χ2v) is 5.98. The fourth-order valence-electron chi connectivity index (χ4n) is 2.92. The number of guanidine groups is 1. The molecule has 0 bridgehead atoms. The van der Waals surface area contributed by atoms with E-state index >= 15 is 0 Å². The third-order valence-electron chi connectivity index (χ3n) is 4.15. The van der Waals surface area contributed by atoms with Crippen LogP contribution in [0.1, 0.15) is 45.5 Å². The van der Waals surface area contributed by atoms with Crippen molar-refractivity contribution in [1.29, 1.82) is 0 Å². The van der Waals surface area contributed by atoms with Crippen molar-refractivity contribution in [3.8, 4) is 0 Å². The topological polar surface area (TPSA) is 57.5 Å². The van der Waals surface area contributed by atoms with Crippen LogP contribution in [0.3, 0.4) is 0 Å². The highest BCUT2D eigenvalue weighted by atomic mass is 127. The Morgan fingerprint density at radius 3 is 2.68 bits per heavy atom. The summed E-state index contributed by atoms with van der Waals surface area (Å²) < 4.78 is 26.5. The van der Waals surface area contributed by atoms with Crippen LogP contribution in [0.2, 0.25) is 0 Å². The third kappa shape index (κ3) is 7.04. The van der Waals surface area contributed by atoms with Gasteiger partial charge in [0.1, 0.15) is 12.4 Å². The lowest BCUT2D eigenvalue weighted by molar-refractivity contribution is 0.0671. The van der Waals surface area contributed by atoms with E-state index in [2.05, 4.69) is 32.4 Å². The molecule has 0 atom stereocenters. The number of nitrogens with one attached hydrogen (secondary N) is 2. The molecule has 2 heterocycles. The molecule has 0 amide bonds. The fraction of sp³-hybridized carbons (Fsp3) is 0.750. The zero-order valence-electron chi connectivity index (χ0n) is 14.9. The number of rotatable bonds is 7. The maximum atomic E-state index is 12.8. The van der Waals surface area contributed by atoms with Crippen LogP contribution in [0, 0.1) is 0 Å². The van der Waals surface area contributed by atoms with Crippen LogP contribution in [-0.4, -0.2) is 52.6 Å². The SMILES string of the molecule is CCCN1CCC(NC(=NCc2nccn2C(F)F)NCC)CC1.I. The largest absolute Gasteiger partial charge is 0.357 e. The molecule has 25 heavy (non-hydrogen) atoms. The number of alkyl halides is 2. The number of nitrogens with zero attached hydrogens (tertiary/aromatic N) is 4. The molecule has 0 radical (unpaired) electrons. The molecule has 0 unspecified atom stereocenters.